The number of hydrogen-bond acceptors (Lipinski definition) is 6. The topological polar surface area (TPSA) is 120 Å². The molecular formula is C23H18F6N4O4. The Balaban J connectivity index is 1.66. The lowest BCUT2D eigenvalue weighted by Gasteiger charge is -2.18. The van der Waals surface area contributed by atoms with Gasteiger partial charge in [0.15, 0.2) is 0 Å². The zero-order valence-electron chi connectivity index (χ0n) is 18.6. The first kappa shape index (κ1) is 27.1. The summed E-state index contributed by atoms with van der Waals surface area (Å²) in [7, 11) is 0. The molecule has 0 aliphatic heterocycles. The van der Waals surface area contributed by atoms with E-state index >= 15 is 0 Å². The van der Waals surface area contributed by atoms with E-state index in [1.54, 1.807) is 0 Å². The number of rotatable bonds is 7. The van der Waals surface area contributed by atoms with Crippen molar-refractivity contribution in [1.29, 1.82) is 0 Å². The van der Waals surface area contributed by atoms with E-state index in [-0.39, 0.29) is 16.9 Å². The van der Waals surface area contributed by atoms with Crippen LogP contribution >= 0.6 is 0 Å². The van der Waals surface area contributed by atoms with E-state index in [0.29, 0.717) is 16.1 Å². The molecule has 3 aromatic rings. The number of alkyl halides is 6. The largest absolute Gasteiger partial charge is 0.573 e. The molecule has 0 aliphatic carbocycles. The third-order valence-corrected chi connectivity index (χ3v) is 4.65. The Morgan fingerprint density at radius 3 is 1.78 bits per heavy atom. The van der Waals surface area contributed by atoms with Crippen molar-refractivity contribution >= 4 is 23.2 Å². The SMILES string of the molecule is Nc1ccc(-c2ccc(OC(F)(F)F)cc2)cc1C(=O)N(N)CC(=O)Nc1ccc(OC(F)(F)F)cc1. The van der Waals surface area contributed by atoms with Gasteiger partial charge in [0, 0.05) is 11.4 Å². The Hall–Kier alpha value is -4.46. The second-order valence-electron chi connectivity index (χ2n) is 7.43. The highest BCUT2D eigenvalue weighted by molar-refractivity contribution is 6.02. The van der Waals surface area contributed by atoms with Crippen LogP contribution in [0.25, 0.3) is 11.1 Å². The number of nitrogens with zero attached hydrogens (tertiary/aromatic N) is 1. The minimum Gasteiger partial charge on any atom is -0.406 e. The predicted molar refractivity (Wildman–Crippen MR) is 120 cm³/mol. The molecule has 0 bridgehead atoms. The van der Waals surface area contributed by atoms with Gasteiger partial charge in [-0.1, -0.05) is 18.2 Å². The van der Waals surface area contributed by atoms with Gasteiger partial charge in [0.2, 0.25) is 5.91 Å². The summed E-state index contributed by atoms with van der Waals surface area (Å²) in [5.41, 5.74) is 6.83. The van der Waals surface area contributed by atoms with Crippen LogP contribution < -0.4 is 26.4 Å². The van der Waals surface area contributed by atoms with E-state index in [1.165, 1.54) is 30.3 Å². The first-order valence-corrected chi connectivity index (χ1v) is 10.2. The highest BCUT2D eigenvalue weighted by Crippen LogP contribution is 2.29. The Labute approximate surface area is 205 Å². The van der Waals surface area contributed by atoms with Gasteiger partial charge in [-0.25, -0.2) is 5.84 Å². The van der Waals surface area contributed by atoms with Crippen molar-refractivity contribution in [2.75, 3.05) is 17.6 Å². The fraction of sp³-hybridized carbons (Fsp3) is 0.130. The molecule has 0 atom stereocenters. The van der Waals surface area contributed by atoms with Gasteiger partial charge in [0.1, 0.15) is 18.0 Å². The Kier molecular flexibility index (Phi) is 7.81. The van der Waals surface area contributed by atoms with Gasteiger partial charge in [-0.2, -0.15) is 0 Å². The molecule has 3 aromatic carbocycles. The van der Waals surface area contributed by atoms with E-state index in [4.69, 9.17) is 11.6 Å². The van der Waals surface area contributed by atoms with Crippen LogP contribution in [-0.4, -0.2) is 36.1 Å². The van der Waals surface area contributed by atoms with Crippen LogP contribution in [0, 0.1) is 0 Å². The molecule has 0 aliphatic rings. The maximum absolute atomic E-state index is 12.8. The van der Waals surface area contributed by atoms with Gasteiger partial charge in [-0.05, 0) is 59.7 Å². The Bertz CT molecular complexity index is 1260. The van der Waals surface area contributed by atoms with Crippen molar-refractivity contribution in [2.45, 2.75) is 12.7 Å². The molecule has 0 heterocycles. The number of halogens is 6. The van der Waals surface area contributed by atoms with Gasteiger partial charge in [-0.3, -0.25) is 14.6 Å². The minimum absolute atomic E-state index is 0.0295. The molecule has 0 saturated heterocycles. The van der Waals surface area contributed by atoms with Gasteiger partial charge in [-0.15, -0.1) is 26.3 Å². The van der Waals surface area contributed by atoms with E-state index in [9.17, 15) is 35.9 Å². The van der Waals surface area contributed by atoms with Crippen LogP contribution in [0.15, 0.2) is 66.7 Å². The van der Waals surface area contributed by atoms with Gasteiger partial charge < -0.3 is 20.5 Å². The first-order valence-electron chi connectivity index (χ1n) is 10.2. The number of nitrogens with two attached hydrogens (primary N) is 2. The monoisotopic (exact) mass is 528 g/mol. The third-order valence-electron chi connectivity index (χ3n) is 4.65. The number of hydrogen-bond donors (Lipinski definition) is 3. The van der Waals surface area contributed by atoms with Crippen molar-refractivity contribution in [2.24, 2.45) is 5.84 Å². The van der Waals surface area contributed by atoms with Gasteiger partial charge in [0.05, 0.1) is 5.56 Å². The molecular weight excluding hydrogens is 510 g/mol. The number of nitrogen functional groups attached to an aromatic ring is 1. The van der Waals surface area contributed by atoms with E-state index in [2.05, 4.69) is 14.8 Å². The predicted octanol–water partition coefficient (Wildman–Crippen LogP) is 4.69. The Morgan fingerprint density at radius 2 is 1.27 bits per heavy atom. The van der Waals surface area contributed by atoms with Crippen molar-refractivity contribution in [1.82, 2.24) is 5.01 Å². The molecule has 0 spiro atoms. The average molecular weight is 528 g/mol. The minimum atomic E-state index is -4.87. The molecule has 196 valence electrons. The summed E-state index contributed by atoms with van der Waals surface area (Å²) >= 11 is 0. The lowest BCUT2D eigenvalue weighted by atomic mass is 10.0. The summed E-state index contributed by atoms with van der Waals surface area (Å²) in [4.78, 5) is 25.1. The van der Waals surface area contributed by atoms with Crippen LogP contribution in [0.1, 0.15) is 10.4 Å². The molecule has 0 fully saturated rings. The van der Waals surface area contributed by atoms with Gasteiger partial charge >= 0.3 is 12.7 Å². The van der Waals surface area contributed by atoms with Crippen molar-refractivity contribution < 1.29 is 45.4 Å². The van der Waals surface area contributed by atoms with Crippen LogP contribution in [0.5, 0.6) is 11.5 Å². The van der Waals surface area contributed by atoms with Crippen LogP contribution in [0.3, 0.4) is 0 Å². The number of ether oxygens (including phenoxy) is 2. The Morgan fingerprint density at radius 1 is 0.784 bits per heavy atom. The molecule has 0 radical (unpaired) electrons. The number of benzene rings is 3. The lowest BCUT2D eigenvalue weighted by molar-refractivity contribution is -0.275. The van der Waals surface area contributed by atoms with Gasteiger partial charge in [0.25, 0.3) is 5.91 Å². The van der Waals surface area contributed by atoms with Crippen molar-refractivity contribution in [3.05, 3.63) is 72.3 Å². The van der Waals surface area contributed by atoms with Crippen LogP contribution in [-0.2, 0) is 4.79 Å². The summed E-state index contributed by atoms with van der Waals surface area (Å²) in [6.07, 6.45) is -9.71. The highest BCUT2D eigenvalue weighted by atomic mass is 19.4. The number of amides is 2. The van der Waals surface area contributed by atoms with Crippen molar-refractivity contribution in [3.8, 4) is 22.6 Å². The number of carbonyl (C=O) groups excluding carboxylic acids is 2. The molecule has 0 saturated carbocycles. The van der Waals surface area contributed by atoms with Crippen LogP contribution in [0.2, 0.25) is 0 Å². The first-order chi connectivity index (χ1) is 17.2. The zero-order chi connectivity index (χ0) is 27.4. The summed E-state index contributed by atoms with van der Waals surface area (Å²) in [5, 5.41) is 2.95. The number of hydrazine groups is 1. The maximum atomic E-state index is 12.8. The van der Waals surface area contributed by atoms with Crippen LogP contribution in [0.4, 0.5) is 37.7 Å². The van der Waals surface area contributed by atoms with E-state index < -0.39 is 42.6 Å². The summed E-state index contributed by atoms with van der Waals surface area (Å²) in [6.45, 7) is -0.632. The molecule has 5 N–H and O–H groups in total. The number of carbonyl (C=O) groups is 2. The molecule has 3 rings (SSSR count). The number of anilines is 2. The molecule has 8 nitrogen and oxygen atoms in total. The number of nitrogens with one attached hydrogen (secondary N) is 1. The molecule has 0 aromatic heterocycles. The normalized spacial score (nSPS) is 11.5. The molecule has 0 unspecified atom stereocenters. The summed E-state index contributed by atoms with van der Waals surface area (Å²) in [6, 6.07) is 13.5. The smallest absolute Gasteiger partial charge is 0.406 e. The van der Waals surface area contributed by atoms with E-state index in [0.717, 1.165) is 36.4 Å². The third kappa shape index (κ3) is 8.03. The second kappa shape index (κ2) is 10.7. The molecule has 37 heavy (non-hydrogen) atoms. The highest BCUT2D eigenvalue weighted by Gasteiger charge is 2.31. The maximum Gasteiger partial charge on any atom is 0.573 e. The summed E-state index contributed by atoms with van der Waals surface area (Å²) in [5.74, 6) is 3.23. The lowest BCUT2D eigenvalue weighted by Crippen LogP contribution is -2.43. The fourth-order valence-corrected chi connectivity index (χ4v) is 3.09. The second-order valence-corrected chi connectivity index (χ2v) is 7.43. The van der Waals surface area contributed by atoms with Crippen molar-refractivity contribution in [3.63, 3.8) is 0 Å². The zero-order valence-corrected chi connectivity index (χ0v) is 18.6. The standard InChI is InChI=1S/C23H18F6N4O4/c24-22(25,26)36-16-6-1-13(2-7-16)14-3-10-19(30)18(11-14)21(35)33(31)12-20(34)32-15-4-8-17(9-5-15)37-23(27,28)29/h1-11H,12,30-31H2,(H,32,34). The van der Waals surface area contributed by atoms with E-state index in [1.807, 2.05) is 0 Å². The summed E-state index contributed by atoms with van der Waals surface area (Å²) < 4.78 is 81.3. The fourth-order valence-electron chi connectivity index (χ4n) is 3.09. The quantitative estimate of drug-likeness (QED) is 0.135. The molecule has 14 heteroatoms. The molecule has 2 amide bonds. The average Bonchev–Trinajstić information content (AvgIpc) is 2.79.